The Bertz CT molecular complexity index is 668. The maximum Gasteiger partial charge on any atom is 0.0494 e. The lowest BCUT2D eigenvalue weighted by Gasteiger charge is -2.08. The standard InChI is InChI=1S/C17H18N2S/c1-2-16-8-9-17(20-16)13-18-14-6-5-7-15(12-14)19-10-3-4-11-19/h3-12,18H,2,13H2,1H3. The number of nitrogens with one attached hydrogen (secondary N) is 1. The average Bonchev–Trinajstić information content (AvgIpc) is 3.17. The lowest BCUT2D eigenvalue weighted by molar-refractivity contribution is 1.08. The van der Waals surface area contributed by atoms with Crippen LogP contribution in [-0.4, -0.2) is 4.57 Å². The maximum atomic E-state index is 3.50. The minimum absolute atomic E-state index is 0.889. The van der Waals surface area contributed by atoms with E-state index < -0.39 is 0 Å². The van der Waals surface area contributed by atoms with E-state index in [1.807, 2.05) is 23.5 Å². The predicted octanol–water partition coefficient (Wildman–Crippen LogP) is 4.71. The summed E-state index contributed by atoms with van der Waals surface area (Å²) in [7, 11) is 0. The molecule has 3 aromatic rings. The quantitative estimate of drug-likeness (QED) is 0.717. The van der Waals surface area contributed by atoms with Crippen LogP contribution in [0.5, 0.6) is 0 Å². The number of hydrogen-bond donors (Lipinski definition) is 1. The van der Waals surface area contributed by atoms with E-state index >= 15 is 0 Å². The van der Waals surface area contributed by atoms with Crippen molar-refractivity contribution in [1.29, 1.82) is 0 Å². The van der Waals surface area contributed by atoms with Crippen LogP contribution in [0.2, 0.25) is 0 Å². The zero-order chi connectivity index (χ0) is 13.8. The fourth-order valence-corrected chi connectivity index (χ4v) is 3.08. The lowest BCUT2D eigenvalue weighted by atomic mass is 10.2. The molecule has 2 aromatic heterocycles. The summed E-state index contributed by atoms with van der Waals surface area (Å²) in [6.45, 7) is 3.09. The predicted molar refractivity (Wildman–Crippen MR) is 86.8 cm³/mol. The van der Waals surface area contributed by atoms with E-state index in [1.54, 1.807) is 0 Å². The van der Waals surface area contributed by atoms with Crippen LogP contribution in [0.4, 0.5) is 5.69 Å². The molecule has 3 rings (SSSR count). The number of anilines is 1. The largest absolute Gasteiger partial charge is 0.380 e. The molecule has 1 N–H and O–H groups in total. The highest BCUT2D eigenvalue weighted by molar-refractivity contribution is 7.12. The van der Waals surface area contributed by atoms with Crippen molar-refractivity contribution in [2.24, 2.45) is 0 Å². The third-order valence-corrected chi connectivity index (χ3v) is 4.51. The number of nitrogens with zero attached hydrogens (tertiary/aromatic N) is 1. The zero-order valence-corrected chi connectivity index (χ0v) is 12.4. The van der Waals surface area contributed by atoms with E-state index in [1.165, 1.54) is 15.4 Å². The van der Waals surface area contributed by atoms with Gasteiger partial charge in [-0.15, -0.1) is 11.3 Å². The van der Waals surface area contributed by atoms with Gasteiger partial charge in [-0.2, -0.15) is 0 Å². The van der Waals surface area contributed by atoms with Crippen LogP contribution in [0.3, 0.4) is 0 Å². The SMILES string of the molecule is CCc1ccc(CNc2cccc(-n3cccc3)c2)s1. The first-order valence-corrected chi connectivity index (χ1v) is 7.71. The van der Waals surface area contributed by atoms with Crippen molar-refractivity contribution >= 4 is 17.0 Å². The van der Waals surface area contributed by atoms with Crippen LogP contribution in [0, 0.1) is 0 Å². The van der Waals surface area contributed by atoms with E-state index in [0.717, 1.165) is 18.7 Å². The topological polar surface area (TPSA) is 17.0 Å². The molecule has 0 fully saturated rings. The minimum atomic E-state index is 0.889. The van der Waals surface area contributed by atoms with Crippen LogP contribution in [0.1, 0.15) is 16.7 Å². The number of thiophene rings is 1. The van der Waals surface area contributed by atoms with Gasteiger partial charge in [0.25, 0.3) is 0 Å². The van der Waals surface area contributed by atoms with Gasteiger partial charge in [0.1, 0.15) is 0 Å². The molecule has 3 heteroatoms. The molecule has 0 bridgehead atoms. The molecule has 0 radical (unpaired) electrons. The molecule has 0 saturated carbocycles. The van der Waals surface area contributed by atoms with Gasteiger partial charge in [0, 0.05) is 40.1 Å². The van der Waals surface area contributed by atoms with Crippen LogP contribution < -0.4 is 5.32 Å². The normalized spacial score (nSPS) is 10.7. The summed E-state index contributed by atoms with van der Waals surface area (Å²) in [5, 5.41) is 3.50. The first-order chi connectivity index (χ1) is 9.85. The van der Waals surface area contributed by atoms with Crippen molar-refractivity contribution in [2.45, 2.75) is 19.9 Å². The van der Waals surface area contributed by atoms with Gasteiger partial charge in [0.2, 0.25) is 0 Å². The molecule has 0 aliphatic carbocycles. The van der Waals surface area contributed by atoms with Gasteiger partial charge in [-0.25, -0.2) is 0 Å². The van der Waals surface area contributed by atoms with Crippen molar-refractivity contribution in [1.82, 2.24) is 4.57 Å². The molecular weight excluding hydrogens is 264 g/mol. The van der Waals surface area contributed by atoms with E-state index in [9.17, 15) is 0 Å². The first kappa shape index (κ1) is 13.0. The van der Waals surface area contributed by atoms with Crippen LogP contribution in [0.15, 0.2) is 60.9 Å². The van der Waals surface area contributed by atoms with Crippen molar-refractivity contribution in [3.8, 4) is 5.69 Å². The highest BCUT2D eigenvalue weighted by atomic mass is 32.1. The molecule has 0 unspecified atom stereocenters. The highest BCUT2D eigenvalue weighted by Crippen LogP contribution is 2.20. The Hall–Kier alpha value is -2.00. The van der Waals surface area contributed by atoms with Crippen LogP contribution >= 0.6 is 11.3 Å². The Morgan fingerprint density at radius 1 is 1.00 bits per heavy atom. The summed E-state index contributed by atoms with van der Waals surface area (Å²) >= 11 is 1.89. The molecule has 0 amide bonds. The third-order valence-electron chi connectivity index (χ3n) is 3.28. The second-order valence-electron chi connectivity index (χ2n) is 4.72. The average molecular weight is 282 g/mol. The summed E-state index contributed by atoms with van der Waals surface area (Å²) in [6.07, 6.45) is 5.24. The second-order valence-corrected chi connectivity index (χ2v) is 5.97. The molecule has 0 atom stereocenters. The van der Waals surface area contributed by atoms with Gasteiger partial charge >= 0.3 is 0 Å². The lowest BCUT2D eigenvalue weighted by Crippen LogP contribution is -1.98. The summed E-state index contributed by atoms with van der Waals surface area (Å²) < 4.78 is 2.12. The number of benzene rings is 1. The van der Waals surface area contributed by atoms with Gasteiger partial charge in [-0.05, 0) is 48.9 Å². The Morgan fingerprint density at radius 3 is 2.55 bits per heavy atom. The van der Waals surface area contributed by atoms with Gasteiger partial charge in [0.15, 0.2) is 0 Å². The molecule has 0 aliphatic heterocycles. The third kappa shape index (κ3) is 2.94. The molecule has 1 aromatic carbocycles. The first-order valence-electron chi connectivity index (χ1n) is 6.90. The van der Waals surface area contributed by atoms with E-state index in [-0.39, 0.29) is 0 Å². The number of rotatable bonds is 5. The maximum absolute atomic E-state index is 3.50. The number of hydrogen-bond acceptors (Lipinski definition) is 2. The van der Waals surface area contributed by atoms with Crippen LogP contribution in [0.25, 0.3) is 5.69 Å². The summed E-state index contributed by atoms with van der Waals surface area (Å²) in [5.41, 5.74) is 2.34. The molecule has 20 heavy (non-hydrogen) atoms. The van der Waals surface area contributed by atoms with Gasteiger partial charge in [-0.1, -0.05) is 13.0 Å². The van der Waals surface area contributed by atoms with E-state index in [4.69, 9.17) is 0 Å². The van der Waals surface area contributed by atoms with Crippen molar-refractivity contribution in [3.05, 3.63) is 70.7 Å². The number of aromatic nitrogens is 1. The molecule has 0 spiro atoms. The Labute approximate surface area is 123 Å². The van der Waals surface area contributed by atoms with Gasteiger partial charge in [0.05, 0.1) is 0 Å². The van der Waals surface area contributed by atoms with Crippen LogP contribution in [-0.2, 0) is 13.0 Å². The summed E-state index contributed by atoms with van der Waals surface area (Å²) in [5.74, 6) is 0. The molecule has 2 heterocycles. The molecule has 102 valence electrons. The van der Waals surface area contributed by atoms with Crippen molar-refractivity contribution in [2.75, 3.05) is 5.32 Å². The highest BCUT2D eigenvalue weighted by Gasteiger charge is 2.00. The van der Waals surface area contributed by atoms with Crippen molar-refractivity contribution in [3.63, 3.8) is 0 Å². The smallest absolute Gasteiger partial charge is 0.0494 e. The Balaban J connectivity index is 1.70. The monoisotopic (exact) mass is 282 g/mol. The Kier molecular flexibility index (Phi) is 3.88. The number of aryl methyl sites for hydroxylation is 1. The molecule has 0 aliphatic rings. The van der Waals surface area contributed by atoms with E-state index in [2.05, 4.69) is 65.6 Å². The molecule has 0 saturated heterocycles. The fraction of sp³-hybridized carbons (Fsp3) is 0.176. The van der Waals surface area contributed by atoms with E-state index in [0.29, 0.717) is 0 Å². The minimum Gasteiger partial charge on any atom is -0.380 e. The zero-order valence-electron chi connectivity index (χ0n) is 11.5. The second kappa shape index (κ2) is 5.97. The molecule has 2 nitrogen and oxygen atoms in total. The molecular formula is C17H18N2S. The van der Waals surface area contributed by atoms with Gasteiger partial charge < -0.3 is 9.88 Å². The fourth-order valence-electron chi connectivity index (χ4n) is 2.18. The summed E-state index contributed by atoms with van der Waals surface area (Å²) in [4.78, 5) is 2.83. The van der Waals surface area contributed by atoms with Crippen molar-refractivity contribution < 1.29 is 0 Å². The Morgan fingerprint density at radius 2 is 1.80 bits per heavy atom. The summed E-state index contributed by atoms with van der Waals surface area (Å²) in [6, 6.07) is 17.0. The van der Waals surface area contributed by atoms with Gasteiger partial charge in [-0.3, -0.25) is 0 Å².